The van der Waals surface area contributed by atoms with Crippen LogP contribution in [0.4, 0.5) is 16.2 Å². The van der Waals surface area contributed by atoms with Gasteiger partial charge in [-0.3, -0.25) is 4.79 Å². The van der Waals surface area contributed by atoms with Crippen molar-refractivity contribution in [1.82, 2.24) is 19.9 Å². The van der Waals surface area contributed by atoms with E-state index in [1.807, 2.05) is 36.9 Å². The molecule has 2 atom stereocenters. The minimum absolute atomic E-state index is 0.0827. The van der Waals surface area contributed by atoms with Crippen molar-refractivity contribution < 1.29 is 22.3 Å². The second kappa shape index (κ2) is 12.5. The van der Waals surface area contributed by atoms with E-state index in [4.69, 9.17) is 9.72 Å². The summed E-state index contributed by atoms with van der Waals surface area (Å²) in [5.41, 5.74) is 3.50. The zero-order chi connectivity index (χ0) is 38.7. The fraction of sp³-hybridized carbons (Fsp3) is 0.488. The van der Waals surface area contributed by atoms with Crippen LogP contribution in [0.2, 0.25) is 0 Å². The number of ether oxygens (including phenoxy) is 1. The molecule has 1 N–H and O–H groups in total. The summed E-state index contributed by atoms with van der Waals surface area (Å²) >= 11 is 0. The van der Waals surface area contributed by atoms with E-state index in [-0.39, 0.29) is 57.9 Å². The molecule has 6 bridgehead atoms. The molecule has 288 valence electrons. The number of carbonyl (C=O) groups excluding carboxylic acids is 1. The van der Waals surface area contributed by atoms with Crippen molar-refractivity contribution in [1.29, 1.82) is 0 Å². The number of benzene rings is 2. The third-order valence-electron chi connectivity index (χ3n) is 13.0. The first-order valence-corrected chi connectivity index (χ1v) is 21.0. The van der Waals surface area contributed by atoms with Gasteiger partial charge in [-0.15, -0.1) is 0 Å². The first-order chi connectivity index (χ1) is 26.0. The van der Waals surface area contributed by atoms with Gasteiger partial charge in [0.15, 0.2) is 0 Å². The Morgan fingerprint density at radius 2 is 1.67 bits per heavy atom. The number of fused-ring (bicyclic) bond motifs is 4. The Balaban J connectivity index is 1.14. The van der Waals surface area contributed by atoms with Crippen LogP contribution >= 0.6 is 0 Å². The van der Waals surface area contributed by atoms with E-state index < -0.39 is 21.6 Å². The predicted molar refractivity (Wildman–Crippen MR) is 209 cm³/mol. The van der Waals surface area contributed by atoms with Gasteiger partial charge in [0.25, 0.3) is 15.9 Å². The van der Waals surface area contributed by atoms with Crippen molar-refractivity contribution in [3.8, 4) is 17.1 Å². The summed E-state index contributed by atoms with van der Waals surface area (Å²) in [6, 6.07) is 17.0. The average Bonchev–Trinajstić information content (AvgIpc) is 3.89. The van der Waals surface area contributed by atoms with E-state index in [2.05, 4.69) is 47.4 Å². The summed E-state index contributed by atoms with van der Waals surface area (Å²) in [4.78, 5) is 33.4. The number of rotatable bonds is 6. The number of halogens is 1. The molecular formula is C43H49FN6O4S. The third-order valence-corrected chi connectivity index (χ3v) is 14.4. The quantitative estimate of drug-likeness (QED) is 0.210. The fourth-order valence-corrected chi connectivity index (χ4v) is 11.0. The molecule has 5 aliphatic carbocycles. The first kappa shape index (κ1) is 36.1. The molecular weight excluding hydrogens is 716 g/mol. The van der Waals surface area contributed by atoms with Crippen LogP contribution < -0.4 is 14.4 Å². The van der Waals surface area contributed by atoms with E-state index in [0.717, 1.165) is 35.3 Å². The number of carbonyl (C=O) groups is 1. The highest BCUT2D eigenvalue weighted by atomic mass is 32.2. The second-order valence-corrected chi connectivity index (χ2v) is 19.9. The van der Waals surface area contributed by atoms with Crippen LogP contribution in [0.1, 0.15) is 98.8 Å². The monoisotopic (exact) mass is 764 g/mol. The molecule has 1 unspecified atom stereocenters. The molecule has 5 saturated carbocycles. The highest BCUT2D eigenvalue weighted by molar-refractivity contribution is 7.92. The lowest BCUT2D eigenvalue weighted by Gasteiger charge is -2.72. The number of hydrogen-bond donors (Lipinski definition) is 1. The van der Waals surface area contributed by atoms with Gasteiger partial charge in [-0.1, -0.05) is 45.0 Å². The SMILES string of the molecule is Cc1cccc(C)c1-c1cc2nc(n1)NS(=O)(=O)c1cccc(c1)C(=O)N(C13CC(C1)C3c1nc(N(C)C3CC4(CC4)C3)ccc1F)[C@H](CC(C)(C)C)CO2. The number of hydrogen-bond acceptors (Lipinski definition) is 8. The molecule has 6 aliphatic rings. The fourth-order valence-electron chi connectivity index (χ4n) is 9.98. The third kappa shape index (κ3) is 6.15. The smallest absolute Gasteiger partial charge is 0.264 e. The Kier molecular flexibility index (Phi) is 8.18. The topological polar surface area (TPSA) is 118 Å². The largest absolute Gasteiger partial charge is 0.475 e. The molecule has 4 aromatic rings. The highest BCUT2D eigenvalue weighted by Crippen LogP contribution is 2.70. The number of pyridine rings is 1. The lowest BCUT2D eigenvalue weighted by Crippen LogP contribution is -2.77. The van der Waals surface area contributed by atoms with Gasteiger partial charge >= 0.3 is 0 Å². The number of sulfonamides is 1. The molecule has 10 nitrogen and oxygen atoms in total. The molecule has 12 heteroatoms. The van der Waals surface area contributed by atoms with Crippen molar-refractivity contribution >= 4 is 27.7 Å². The lowest BCUT2D eigenvalue weighted by molar-refractivity contribution is -0.173. The van der Waals surface area contributed by atoms with Crippen LogP contribution in [-0.2, 0) is 10.0 Å². The van der Waals surface area contributed by atoms with Gasteiger partial charge in [-0.05, 0) is 117 Å². The number of nitrogens with one attached hydrogen (secondary N) is 1. The van der Waals surface area contributed by atoms with Gasteiger partial charge < -0.3 is 14.5 Å². The van der Waals surface area contributed by atoms with Gasteiger partial charge in [-0.2, -0.15) is 4.98 Å². The summed E-state index contributed by atoms with van der Waals surface area (Å²) in [5, 5.41) is 0. The van der Waals surface area contributed by atoms with E-state index in [0.29, 0.717) is 42.1 Å². The number of amides is 1. The molecule has 55 heavy (non-hydrogen) atoms. The van der Waals surface area contributed by atoms with E-state index >= 15 is 9.18 Å². The van der Waals surface area contributed by atoms with Crippen LogP contribution in [0.25, 0.3) is 11.3 Å². The Bertz CT molecular complexity index is 2310. The molecule has 10 rings (SSSR count). The first-order valence-electron chi connectivity index (χ1n) is 19.5. The van der Waals surface area contributed by atoms with E-state index in [9.17, 15) is 8.42 Å². The maximum atomic E-state index is 16.1. The van der Waals surface area contributed by atoms with E-state index in [1.54, 1.807) is 24.3 Å². The van der Waals surface area contributed by atoms with Crippen molar-refractivity contribution in [2.45, 2.75) is 108 Å². The molecule has 1 aliphatic heterocycles. The Hall–Kier alpha value is -4.58. The van der Waals surface area contributed by atoms with Gasteiger partial charge in [0.05, 0.1) is 27.9 Å². The van der Waals surface area contributed by atoms with Gasteiger partial charge in [0, 0.05) is 36.2 Å². The molecule has 0 saturated heterocycles. The van der Waals surface area contributed by atoms with Crippen molar-refractivity contribution in [3.63, 3.8) is 0 Å². The zero-order valence-corrected chi connectivity index (χ0v) is 33.2. The summed E-state index contributed by atoms with van der Waals surface area (Å²) in [6.45, 7) is 10.4. The van der Waals surface area contributed by atoms with Crippen molar-refractivity contribution in [2.75, 3.05) is 23.3 Å². The number of nitrogens with zero attached hydrogens (tertiary/aromatic N) is 5. The maximum Gasteiger partial charge on any atom is 0.264 e. The van der Waals surface area contributed by atoms with Crippen LogP contribution in [-0.4, -0.2) is 65.5 Å². The Morgan fingerprint density at radius 1 is 0.964 bits per heavy atom. The summed E-state index contributed by atoms with van der Waals surface area (Å²) in [6.07, 6.45) is 6.86. The summed E-state index contributed by atoms with van der Waals surface area (Å²) in [7, 11) is -2.17. The van der Waals surface area contributed by atoms with Crippen molar-refractivity contribution in [3.05, 3.63) is 88.9 Å². The standard InChI is InChI=1S/C43H49FN6O4S/c1-25-9-7-10-26(2)36(25)33-18-35-47-40(45-33)48-55(52,53)31-12-8-11-27(17-31)39(51)50(30(24-54-35)21-41(3,4)5)43-19-28(20-43)37(43)38-32(44)13-14-34(46-38)49(6)29-22-42(23-29)15-16-42/h7-14,17-18,28-30,37H,15-16,19-24H2,1-6H3,(H,45,47,48)/t28?,30-,37?,43?/m1/s1. The highest BCUT2D eigenvalue weighted by Gasteiger charge is 2.71. The Morgan fingerprint density at radius 3 is 2.33 bits per heavy atom. The Labute approximate surface area is 323 Å². The summed E-state index contributed by atoms with van der Waals surface area (Å²) < 4.78 is 53.0. The lowest BCUT2D eigenvalue weighted by atomic mass is 9.40. The van der Waals surface area contributed by atoms with Gasteiger partial charge in [0.1, 0.15) is 18.2 Å². The second-order valence-electron chi connectivity index (χ2n) is 18.2. The molecule has 2 aromatic carbocycles. The minimum atomic E-state index is -4.22. The van der Waals surface area contributed by atoms with Crippen molar-refractivity contribution in [2.24, 2.45) is 16.7 Å². The predicted octanol–water partition coefficient (Wildman–Crippen LogP) is 8.06. The molecule has 1 spiro atoms. The number of anilines is 2. The molecule has 5 fully saturated rings. The normalized spacial score (nSPS) is 26.2. The molecule has 1 amide bonds. The summed E-state index contributed by atoms with van der Waals surface area (Å²) in [5.74, 6) is -0.00156. The van der Waals surface area contributed by atoms with Crippen LogP contribution in [0.15, 0.2) is 65.6 Å². The van der Waals surface area contributed by atoms with Gasteiger partial charge in [-0.25, -0.2) is 27.5 Å². The number of aromatic nitrogens is 3. The molecule has 3 heterocycles. The zero-order valence-electron chi connectivity index (χ0n) is 32.4. The minimum Gasteiger partial charge on any atom is -0.475 e. The molecule has 2 aromatic heterocycles. The van der Waals surface area contributed by atoms with Gasteiger partial charge in [0.2, 0.25) is 11.8 Å². The average molecular weight is 765 g/mol. The maximum absolute atomic E-state index is 16.1. The van der Waals surface area contributed by atoms with Crippen LogP contribution in [0, 0.1) is 36.4 Å². The molecule has 0 radical (unpaired) electrons. The van der Waals surface area contributed by atoms with E-state index in [1.165, 1.54) is 31.0 Å². The van der Waals surface area contributed by atoms with Crippen LogP contribution in [0.5, 0.6) is 5.88 Å². The number of aryl methyl sites for hydroxylation is 2. The van der Waals surface area contributed by atoms with Crippen LogP contribution in [0.3, 0.4) is 0 Å².